The zero-order chi connectivity index (χ0) is 19.1. The highest BCUT2D eigenvalue weighted by Gasteiger charge is 2.43. The summed E-state index contributed by atoms with van der Waals surface area (Å²) in [6.45, 7) is 3.30. The number of piperidine rings is 1. The van der Waals surface area contributed by atoms with Crippen LogP contribution in [0.2, 0.25) is 0 Å². The number of nitrogens with zero attached hydrogens (tertiary/aromatic N) is 2. The van der Waals surface area contributed by atoms with Crippen LogP contribution in [0, 0.1) is 0 Å². The van der Waals surface area contributed by atoms with Gasteiger partial charge in [0, 0.05) is 43.7 Å². The first-order chi connectivity index (χ1) is 13.7. The molecule has 2 fully saturated rings. The molecule has 28 heavy (non-hydrogen) atoms. The molecule has 6 heteroatoms. The quantitative estimate of drug-likeness (QED) is 0.768. The lowest BCUT2D eigenvalue weighted by atomic mass is 9.98. The number of rotatable bonds is 3. The van der Waals surface area contributed by atoms with Crippen molar-refractivity contribution in [2.75, 3.05) is 26.3 Å². The topological polar surface area (TPSA) is 60.8 Å². The second-order valence-corrected chi connectivity index (χ2v) is 7.76. The normalized spacial score (nSPS) is 23.1. The van der Waals surface area contributed by atoms with Gasteiger partial charge < -0.3 is 18.9 Å². The average molecular weight is 380 g/mol. The zero-order valence-electron chi connectivity index (χ0n) is 15.8. The fourth-order valence-electron chi connectivity index (χ4n) is 4.70. The van der Waals surface area contributed by atoms with Crippen molar-refractivity contribution in [3.63, 3.8) is 0 Å². The first-order valence-electron chi connectivity index (χ1n) is 10.0. The minimum atomic E-state index is -0.470. The molecule has 6 nitrogen and oxygen atoms in total. The fraction of sp³-hybridized carbons (Fsp3) is 0.455. The summed E-state index contributed by atoms with van der Waals surface area (Å²) in [5, 5.41) is 0. The van der Waals surface area contributed by atoms with Crippen LogP contribution in [-0.4, -0.2) is 53.2 Å². The van der Waals surface area contributed by atoms with Crippen molar-refractivity contribution >= 4 is 11.7 Å². The molecule has 1 aromatic heterocycles. The second-order valence-electron chi connectivity index (χ2n) is 7.76. The first kappa shape index (κ1) is 17.6. The minimum absolute atomic E-state index is 0.00962. The van der Waals surface area contributed by atoms with E-state index in [1.165, 1.54) is 0 Å². The molecule has 1 amide bonds. The number of ketones is 1. The Balaban J connectivity index is 1.31. The van der Waals surface area contributed by atoms with E-state index >= 15 is 0 Å². The van der Waals surface area contributed by atoms with Gasteiger partial charge in [-0.25, -0.2) is 0 Å². The van der Waals surface area contributed by atoms with Gasteiger partial charge in [0.2, 0.25) is 11.7 Å². The number of hydrogen-bond acceptors (Lipinski definition) is 4. The molecule has 3 aliphatic heterocycles. The number of fused-ring (bicyclic) bond motifs is 1. The van der Waals surface area contributed by atoms with Crippen LogP contribution in [-0.2, 0) is 20.8 Å². The summed E-state index contributed by atoms with van der Waals surface area (Å²) >= 11 is 0. The highest BCUT2D eigenvalue weighted by molar-refractivity contribution is 6.08. The SMILES string of the molecule is O=C(c1ccccc1)c1ccc2n1CCC2C(=O)N1CCC2(CC1)OCCO2. The van der Waals surface area contributed by atoms with Gasteiger partial charge in [0.25, 0.3) is 0 Å². The number of carbonyl (C=O) groups excluding carboxylic acids is 2. The van der Waals surface area contributed by atoms with Crippen LogP contribution in [0.4, 0.5) is 0 Å². The van der Waals surface area contributed by atoms with Crippen molar-refractivity contribution in [3.05, 3.63) is 59.4 Å². The summed E-state index contributed by atoms with van der Waals surface area (Å²) < 4.78 is 13.5. The Morgan fingerprint density at radius 3 is 2.36 bits per heavy atom. The molecule has 0 bridgehead atoms. The van der Waals surface area contributed by atoms with E-state index in [9.17, 15) is 9.59 Å². The van der Waals surface area contributed by atoms with E-state index in [1.54, 1.807) is 0 Å². The smallest absolute Gasteiger partial charge is 0.231 e. The maximum atomic E-state index is 13.2. The Labute approximate surface area is 164 Å². The molecule has 1 aromatic carbocycles. The zero-order valence-corrected chi connectivity index (χ0v) is 15.8. The Hall–Kier alpha value is -2.44. The van der Waals surface area contributed by atoms with E-state index in [0.717, 1.165) is 25.0 Å². The third-order valence-electron chi connectivity index (χ3n) is 6.23. The number of hydrogen-bond donors (Lipinski definition) is 0. The van der Waals surface area contributed by atoms with Crippen molar-refractivity contribution in [3.8, 4) is 0 Å². The lowest BCUT2D eigenvalue weighted by Crippen LogP contribution is -2.48. The largest absolute Gasteiger partial charge is 0.347 e. The molecule has 0 radical (unpaired) electrons. The third kappa shape index (κ3) is 2.88. The number of aromatic nitrogens is 1. The van der Waals surface area contributed by atoms with Crippen molar-refractivity contribution in [1.82, 2.24) is 9.47 Å². The molecular formula is C22H24N2O4. The highest BCUT2D eigenvalue weighted by Crippen LogP contribution is 2.36. The van der Waals surface area contributed by atoms with E-state index in [0.29, 0.717) is 44.1 Å². The van der Waals surface area contributed by atoms with Crippen LogP contribution in [0.3, 0.4) is 0 Å². The second kappa shape index (κ2) is 6.87. The molecule has 0 saturated carbocycles. The Kier molecular flexibility index (Phi) is 4.33. The molecule has 4 heterocycles. The van der Waals surface area contributed by atoms with E-state index in [2.05, 4.69) is 0 Å². The molecule has 2 aromatic rings. The van der Waals surface area contributed by atoms with Gasteiger partial charge >= 0.3 is 0 Å². The summed E-state index contributed by atoms with van der Waals surface area (Å²) in [6, 6.07) is 13.1. The third-order valence-corrected chi connectivity index (χ3v) is 6.23. The van der Waals surface area contributed by atoms with E-state index in [-0.39, 0.29) is 17.6 Å². The molecule has 0 N–H and O–H groups in total. The van der Waals surface area contributed by atoms with Gasteiger partial charge in [0.15, 0.2) is 5.79 Å². The molecular weight excluding hydrogens is 356 g/mol. The van der Waals surface area contributed by atoms with Crippen molar-refractivity contribution < 1.29 is 19.1 Å². The van der Waals surface area contributed by atoms with Gasteiger partial charge in [-0.15, -0.1) is 0 Å². The van der Waals surface area contributed by atoms with Crippen LogP contribution in [0.1, 0.15) is 46.9 Å². The molecule has 0 aliphatic carbocycles. The average Bonchev–Trinajstić information content (AvgIpc) is 3.45. The van der Waals surface area contributed by atoms with Gasteiger partial charge in [-0.05, 0) is 18.6 Å². The summed E-state index contributed by atoms with van der Waals surface area (Å²) in [4.78, 5) is 27.9. The van der Waals surface area contributed by atoms with Crippen molar-refractivity contribution in [1.29, 1.82) is 0 Å². The Bertz CT molecular complexity index is 889. The Morgan fingerprint density at radius 2 is 1.64 bits per heavy atom. The lowest BCUT2D eigenvalue weighted by Gasteiger charge is -2.38. The molecule has 3 aliphatic rings. The monoisotopic (exact) mass is 380 g/mol. The van der Waals surface area contributed by atoms with Crippen LogP contribution in [0.5, 0.6) is 0 Å². The molecule has 1 spiro atoms. The first-order valence-corrected chi connectivity index (χ1v) is 10.0. The van der Waals surface area contributed by atoms with Gasteiger partial charge in [0.05, 0.1) is 24.8 Å². The standard InChI is InChI=1S/C22H24N2O4/c25-20(16-4-2-1-3-5-16)19-7-6-18-17(8-11-24(18)19)21(26)23-12-9-22(10-13-23)27-14-15-28-22/h1-7,17H,8-15H2. The molecule has 1 unspecified atom stereocenters. The summed E-state index contributed by atoms with van der Waals surface area (Å²) in [5.41, 5.74) is 2.30. The van der Waals surface area contributed by atoms with E-state index < -0.39 is 5.79 Å². The maximum absolute atomic E-state index is 13.2. The predicted molar refractivity (Wildman–Crippen MR) is 102 cm³/mol. The van der Waals surface area contributed by atoms with E-state index in [4.69, 9.17) is 9.47 Å². The molecule has 2 saturated heterocycles. The summed E-state index contributed by atoms with van der Waals surface area (Å²) in [5.74, 6) is -0.474. The van der Waals surface area contributed by atoms with Crippen LogP contribution >= 0.6 is 0 Å². The van der Waals surface area contributed by atoms with Gasteiger partial charge in [0.1, 0.15) is 0 Å². The van der Waals surface area contributed by atoms with Crippen LogP contribution in [0.25, 0.3) is 0 Å². The molecule has 1 atom stereocenters. The summed E-state index contributed by atoms with van der Waals surface area (Å²) in [7, 11) is 0. The summed E-state index contributed by atoms with van der Waals surface area (Å²) in [6.07, 6.45) is 2.20. The maximum Gasteiger partial charge on any atom is 0.231 e. The fourth-order valence-corrected chi connectivity index (χ4v) is 4.70. The van der Waals surface area contributed by atoms with Gasteiger partial charge in [-0.1, -0.05) is 30.3 Å². The predicted octanol–water partition coefficient (Wildman–Crippen LogP) is 2.57. The molecule has 5 rings (SSSR count). The number of ether oxygens (including phenoxy) is 2. The number of carbonyl (C=O) groups is 2. The Morgan fingerprint density at radius 1 is 0.929 bits per heavy atom. The highest BCUT2D eigenvalue weighted by atomic mass is 16.7. The number of benzene rings is 1. The van der Waals surface area contributed by atoms with Gasteiger partial charge in [-0.2, -0.15) is 0 Å². The number of amides is 1. The van der Waals surface area contributed by atoms with Crippen molar-refractivity contribution in [2.24, 2.45) is 0 Å². The van der Waals surface area contributed by atoms with E-state index in [1.807, 2.05) is 51.9 Å². The van der Waals surface area contributed by atoms with Crippen LogP contribution < -0.4 is 0 Å². The van der Waals surface area contributed by atoms with Gasteiger partial charge in [-0.3, -0.25) is 9.59 Å². The van der Waals surface area contributed by atoms with Crippen molar-refractivity contribution in [2.45, 2.75) is 37.5 Å². The minimum Gasteiger partial charge on any atom is -0.347 e. The molecule has 146 valence electrons. The van der Waals surface area contributed by atoms with Crippen LogP contribution in [0.15, 0.2) is 42.5 Å². The lowest BCUT2D eigenvalue weighted by molar-refractivity contribution is -0.187. The number of likely N-dealkylation sites (tertiary alicyclic amines) is 1.